The van der Waals surface area contributed by atoms with Gasteiger partial charge in [-0.3, -0.25) is 9.59 Å². The van der Waals surface area contributed by atoms with Crippen LogP contribution < -0.4 is 11.1 Å². The first kappa shape index (κ1) is 20.4. The van der Waals surface area contributed by atoms with Gasteiger partial charge in [0.05, 0.1) is 12.5 Å². The molecule has 22 heavy (non-hydrogen) atoms. The lowest BCUT2D eigenvalue weighted by Gasteiger charge is -2.26. The Hall–Kier alpha value is -1.63. The smallest absolute Gasteiger partial charge is 0.329 e. The summed E-state index contributed by atoms with van der Waals surface area (Å²) in [5.41, 5.74) is 4.05. The van der Waals surface area contributed by atoms with E-state index in [1.54, 1.807) is 41.5 Å². The lowest BCUT2D eigenvalue weighted by atomic mass is 10.1. The molecule has 0 aromatic rings. The van der Waals surface area contributed by atoms with Gasteiger partial charge in [-0.25, -0.2) is 4.79 Å². The van der Waals surface area contributed by atoms with Crippen LogP contribution in [-0.2, 0) is 23.9 Å². The van der Waals surface area contributed by atoms with E-state index >= 15 is 0 Å². The summed E-state index contributed by atoms with van der Waals surface area (Å²) < 4.78 is 10.4. The minimum atomic E-state index is -1.13. The molecular weight excluding hydrogens is 288 g/mol. The molecule has 7 nitrogen and oxygen atoms in total. The topological polar surface area (TPSA) is 108 Å². The molecule has 1 amide bonds. The molecule has 2 atom stereocenters. The fourth-order valence-corrected chi connectivity index (χ4v) is 1.42. The van der Waals surface area contributed by atoms with E-state index in [0.29, 0.717) is 0 Å². The Morgan fingerprint density at radius 2 is 1.45 bits per heavy atom. The zero-order valence-corrected chi connectivity index (χ0v) is 14.5. The van der Waals surface area contributed by atoms with Crippen LogP contribution in [0.25, 0.3) is 0 Å². The minimum Gasteiger partial charge on any atom is -0.460 e. The third-order valence-corrected chi connectivity index (χ3v) is 2.21. The van der Waals surface area contributed by atoms with Crippen LogP contribution in [0.4, 0.5) is 0 Å². The highest BCUT2D eigenvalue weighted by Gasteiger charge is 2.31. The van der Waals surface area contributed by atoms with Crippen molar-refractivity contribution in [2.75, 3.05) is 0 Å². The van der Waals surface area contributed by atoms with Crippen molar-refractivity contribution in [2.24, 2.45) is 5.73 Å². The number of carbonyl (C=O) groups is 3. The number of nitrogens with two attached hydrogens (primary N) is 1. The van der Waals surface area contributed by atoms with E-state index < -0.39 is 41.1 Å². The van der Waals surface area contributed by atoms with Crippen LogP contribution in [-0.4, -0.2) is 41.1 Å². The molecule has 0 aromatic carbocycles. The maximum atomic E-state index is 12.1. The summed E-state index contributed by atoms with van der Waals surface area (Å²) in [6.45, 7) is 11.7. The highest BCUT2D eigenvalue weighted by molar-refractivity contribution is 5.90. The first-order chi connectivity index (χ1) is 9.71. The molecule has 0 aliphatic carbocycles. The summed E-state index contributed by atoms with van der Waals surface area (Å²) in [5, 5.41) is 2.42. The number of esters is 2. The normalized spacial score (nSPS) is 14.7. The SMILES string of the molecule is C[C@H](N)C(=O)N[C@@H](CC(=O)OC(C)(C)C)C(=O)OC(C)(C)C. The number of ether oxygens (including phenoxy) is 2. The molecule has 3 N–H and O–H groups in total. The molecule has 0 unspecified atom stereocenters. The van der Waals surface area contributed by atoms with Crippen LogP contribution in [0.1, 0.15) is 54.9 Å². The van der Waals surface area contributed by atoms with Gasteiger partial charge in [0, 0.05) is 0 Å². The lowest BCUT2D eigenvalue weighted by Crippen LogP contribution is -2.50. The predicted molar refractivity (Wildman–Crippen MR) is 81.9 cm³/mol. The predicted octanol–water partition coefficient (Wildman–Crippen LogP) is 0.892. The number of hydrogen-bond donors (Lipinski definition) is 2. The Bertz CT molecular complexity index is 419. The standard InChI is InChI=1S/C15H28N2O5/c1-9(16)12(19)17-10(13(20)22-15(5,6)7)8-11(18)21-14(2,3)4/h9-10H,8,16H2,1-7H3,(H,17,19)/t9-,10-/m0/s1. The Labute approximate surface area is 131 Å². The molecule has 7 heteroatoms. The van der Waals surface area contributed by atoms with Crippen molar-refractivity contribution < 1.29 is 23.9 Å². The molecule has 0 fully saturated rings. The molecule has 0 spiro atoms. The molecule has 0 rings (SSSR count). The summed E-state index contributed by atoms with van der Waals surface area (Å²) in [6, 6.07) is -1.93. The first-order valence-corrected chi connectivity index (χ1v) is 7.22. The van der Waals surface area contributed by atoms with E-state index in [-0.39, 0.29) is 6.42 Å². The fraction of sp³-hybridized carbons (Fsp3) is 0.800. The summed E-state index contributed by atoms with van der Waals surface area (Å²) in [4.78, 5) is 35.7. The van der Waals surface area contributed by atoms with Gasteiger partial charge in [0.15, 0.2) is 0 Å². The Morgan fingerprint density at radius 3 is 1.82 bits per heavy atom. The van der Waals surface area contributed by atoms with Crippen molar-refractivity contribution in [3.63, 3.8) is 0 Å². The zero-order valence-electron chi connectivity index (χ0n) is 14.5. The number of amides is 1. The molecule has 0 saturated heterocycles. The van der Waals surface area contributed by atoms with Gasteiger partial charge in [0.2, 0.25) is 5.91 Å². The van der Waals surface area contributed by atoms with Crippen LogP contribution in [0.5, 0.6) is 0 Å². The minimum absolute atomic E-state index is 0.315. The van der Waals surface area contributed by atoms with Gasteiger partial charge in [0.25, 0.3) is 0 Å². The summed E-state index contributed by atoms with van der Waals surface area (Å²) in [7, 11) is 0. The second-order valence-corrected chi connectivity index (χ2v) is 7.17. The van der Waals surface area contributed by atoms with Crippen LogP contribution >= 0.6 is 0 Å². The molecule has 0 bridgehead atoms. The largest absolute Gasteiger partial charge is 0.460 e. The van der Waals surface area contributed by atoms with Crippen LogP contribution in [0, 0.1) is 0 Å². The zero-order chi connectivity index (χ0) is 17.7. The first-order valence-electron chi connectivity index (χ1n) is 7.22. The molecule has 0 aromatic heterocycles. The van der Waals surface area contributed by atoms with Gasteiger partial charge in [-0.05, 0) is 48.5 Å². The van der Waals surface area contributed by atoms with E-state index in [1.165, 1.54) is 6.92 Å². The monoisotopic (exact) mass is 316 g/mol. The molecule has 0 heterocycles. The quantitative estimate of drug-likeness (QED) is 0.729. The van der Waals surface area contributed by atoms with Gasteiger partial charge in [-0.2, -0.15) is 0 Å². The van der Waals surface area contributed by atoms with Crippen molar-refractivity contribution in [2.45, 2.75) is 78.2 Å². The molecule has 0 radical (unpaired) electrons. The van der Waals surface area contributed by atoms with E-state index in [4.69, 9.17) is 15.2 Å². The van der Waals surface area contributed by atoms with Crippen LogP contribution in [0.2, 0.25) is 0 Å². The van der Waals surface area contributed by atoms with Crippen molar-refractivity contribution >= 4 is 17.8 Å². The summed E-state index contributed by atoms with van der Waals surface area (Å²) in [5.74, 6) is -1.85. The van der Waals surface area contributed by atoms with Gasteiger partial charge in [-0.15, -0.1) is 0 Å². The molecule has 0 aliphatic rings. The maximum absolute atomic E-state index is 12.1. The van der Waals surface area contributed by atoms with Crippen LogP contribution in [0.3, 0.4) is 0 Å². The summed E-state index contributed by atoms with van der Waals surface area (Å²) in [6.07, 6.45) is -0.315. The number of nitrogens with one attached hydrogen (secondary N) is 1. The number of hydrogen-bond acceptors (Lipinski definition) is 6. The Balaban J connectivity index is 4.97. The average molecular weight is 316 g/mol. The molecule has 0 saturated carbocycles. The van der Waals surface area contributed by atoms with Gasteiger partial charge in [0.1, 0.15) is 17.2 Å². The average Bonchev–Trinajstić information content (AvgIpc) is 2.22. The molecule has 0 aliphatic heterocycles. The van der Waals surface area contributed by atoms with Gasteiger partial charge in [-0.1, -0.05) is 0 Å². The van der Waals surface area contributed by atoms with E-state index in [2.05, 4.69) is 5.32 Å². The highest BCUT2D eigenvalue weighted by Crippen LogP contribution is 2.13. The second kappa shape index (κ2) is 7.58. The van der Waals surface area contributed by atoms with Crippen molar-refractivity contribution in [1.29, 1.82) is 0 Å². The van der Waals surface area contributed by atoms with Crippen molar-refractivity contribution in [3.05, 3.63) is 0 Å². The van der Waals surface area contributed by atoms with E-state index in [9.17, 15) is 14.4 Å². The Kier molecular flexibility index (Phi) is 7.02. The lowest BCUT2D eigenvalue weighted by molar-refractivity contribution is -0.165. The molecule has 128 valence electrons. The number of carbonyl (C=O) groups excluding carboxylic acids is 3. The van der Waals surface area contributed by atoms with Crippen molar-refractivity contribution in [1.82, 2.24) is 5.32 Å². The van der Waals surface area contributed by atoms with Crippen LogP contribution in [0.15, 0.2) is 0 Å². The Morgan fingerprint density at radius 1 is 1.00 bits per heavy atom. The second-order valence-electron chi connectivity index (χ2n) is 7.17. The molecular formula is C15H28N2O5. The third-order valence-electron chi connectivity index (χ3n) is 2.21. The van der Waals surface area contributed by atoms with Crippen molar-refractivity contribution in [3.8, 4) is 0 Å². The third kappa shape index (κ3) is 9.33. The van der Waals surface area contributed by atoms with Gasteiger partial charge >= 0.3 is 11.9 Å². The highest BCUT2D eigenvalue weighted by atomic mass is 16.6. The van der Waals surface area contributed by atoms with Gasteiger partial charge < -0.3 is 20.5 Å². The number of rotatable bonds is 5. The van der Waals surface area contributed by atoms with E-state index in [0.717, 1.165) is 0 Å². The summed E-state index contributed by atoms with van der Waals surface area (Å²) >= 11 is 0. The fourth-order valence-electron chi connectivity index (χ4n) is 1.42. The maximum Gasteiger partial charge on any atom is 0.329 e. The van der Waals surface area contributed by atoms with E-state index in [1.807, 2.05) is 0 Å².